The summed E-state index contributed by atoms with van der Waals surface area (Å²) in [5.74, 6) is 0.207. The molecule has 3 rings (SSSR count). The summed E-state index contributed by atoms with van der Waals surface area (Å²) in [5, 5.41) is 7.91. The first kappa shape index (κ1) is 17.7. The van der Waals surface area contributed by atoms with Crippen LogP contribution in [0.2, 0.25) is 0 Å². The summed E-state index contributed by atoms with van der Waals surface area (Å²) < 4.78 is 1.96. The van der Waals surface area contributed by atoms with Crippen molar-refractivity contribution >= 4 is 5.91 Å². The van der Waals surface area contributed by atoms with Crippen LogP contribution in [-0.4, -0.2) is 33.2 Å². The Morgan fingerprint density at radius 1 is 1.24 bits per heavy atom. The third kappa shape index (κ3) is 4.28. The zero-order valence-electron chi connectivity index (χ0n) is 15.4. The molecule has 1 amide bonds. The highest BCUT2D eigenvalue weighted by molar-refractivity contribution is 5.82. The number of carbonyl (C=O) groups excluding carboxylic acids is 1. The van der Waals surface area contributed by atoms with E-state index in [9.17, 15) is 4.79 Å². The van der Waals surface area contributed by atoms with Gasteiger partial charge in [-0.15, -0.1) is 0 Å². The normalized spacial score (nSPS) is 19.4. The topological polar surface area (TPSA) is 50.2 Å². The lowest BCUT2D eigenvalue weighted by atomic mass is 10.0. The lowest BCUT2D eigenvalue weighted by molar-refractivity contribution is -0.136. The zero-order chi connectivity index (χ0) is 17.8. The highest BCUT2D eigenvalue weighted by atomic mass is 16.2. The first-order valence-electron chi connectivity index (χ1n) is 9.17. The van der Waals surface area contributed by atoms with E-state index in [1.165, 1.54) is 5.56 Å². The van der Waals surface area contributed by atoms with Crippen molar-refractivity contribution in [2.45, 2.75) is 58.3 Å². The van der Waals surface area contributed by atoms with Gasteiger partial charge >= 0.3 is 0 Å². The summed E-state index contributed by atoms with van der Waals surface area (Å²) in [6.07, 6.45) is 5.89. The van der Waals surface area contributed by atoms with Gasteiger partial charge < -0.3 is 4.90 Å². The second kappa shape index (κ2) is 7.83. The van der Waals surface area contributed by atoms with Gasteiger partial charge in [0.25, 0.3) is 0 Å². The van der Waals surface area contributed by atoms with E-state index in [0.717, 1.165) is 24.9 Å². The lowest BCUT2D eigenvalue weighted by Gasteiger charge is -2.34. The Hall–Kier alpha value is -2.14. The van der Waals surface area contributed by atoms with Crippen LogP contribution in [0.1, 0.15) is 56.8 Å². The van der Waals surface area contributed by atoms with Crippen molar-refractivity contribution in [3.8, 4) is 0 Å². The predicted molar refractivity (Wildman–Crippen MR) is 99.0 cm³/mol. The molecule has 1 fully saturated rings. The smallest absolute Gasteiger partial charge is 0.240 e. The number of likely N-dealkylation sites (tertiary alicyclic amines) is 1. The Balaban J connectivity index is 1.62. The molecule has 2 atom stereocenters. The summed E-state index contributed by atoms with van der Waals surface area (Å²) in [6.45, 7) is 7.86. The first-order valence-corrected chi connectivity index (χ1v) is 9.17. The van der Waals surface area contributed by atoms with E-state index < -0.39 is 0 Å². The van der Waals surface area contributed by atoms with E-state index in [2.05, 4.69) is 49.5 Å². The second-order valence-electron chi connectivity index (χ2n) is 7.18. The molecule has 2 heterocycles. The molecular weight excluding hydrogens is 312 g/mol. The van der Waals surface area contributed by atoms with Crippen LogP contribution in [0.4, 0.5) is 0 Å². The Morgan fingerprint density at radius 2 is 2.00 bits per heavy atom. The van der Waals surface area contributed by atoms with E-state index >= 15 is 0 Å². The van der Waals surface area contributed by atoms with Crippen LogP contribution >= 0.6 is 0 Å². The molecule has 5 heteroatoms. The minimum atomic E-state index is -0.116. The fraction of sp³-hybridized carbons (Fsp3) is 0.500. The molecule has 1 aromatic carbocycles. The molecule has 2 aromatic rings. The van der Waals surface area contributed by atoms with Crippen LogP contribution < -0.4 is 5.32 Å². The van der Waals surface area contributed by atoms with Crippen LogP contribution in [0.5, 0.6) is 0 Å². The first-order chi connectivity index (χ1) is 12.0. The second-order valence-corrected chi connectivity index (χ2v) is 7.18. The number of nitrogens with one attached hydrogen (secondary N) is 1. The Kier molecular flexibility index (Phi) is 5.53. The van der Waals surface area contributed by atoms with Gasteiger partial charge in [0, 0.05) is 36.9 Å². The molecule has 1 aromatic heterocycles. The minimum Gasteiger partial charge on any atom is -0.337 e. The van der Waals surface area contributed by atoms with Crippen LogP contribution in [0.15, 0.2) is 42.7 Å². The number of aromatic nitrogens is 2. The van der Waals surface area contributed by atoms with Gasteiger partial charge in [0.1, 0.15) is 0 Å². The fourth-order valence-electron chi connectivity index (χ4n) is 3.31. The molecule has 0 aliphatic carbocycles. The number of hydrogen-bond acceptors (Lipinski definition) is 3. The Bertz CT molecular complexity index is 695. The molecule has 1 saturated heterocycles. The lowest BCUT2D eigenvalue weighted by Crippen LogP contribution is -2.50. The van der Waals surface area contributed by atoms with Gasteiger partial charge in [0.2, 0.25) is 5.91 Å². The van der Waals surface area contributed by atoms with Crippen molar-refractivity contribution in [3.05, 3.63) is 53.9 Å². The molecule has 0 radical (unpaired) electrons. The number of carbonyl (C=O) groups is 1. The summed E-state index contributed by atoms with van der Waals surface area (Å²) in [4.78, 5) is 14.8. The molecule has 25 heavy (non-hydrogen) atoms. The minimum absolute atomic E-state index is 0.109. The Morgan fingerprint density at radius 3 is 2.68 bits per heavy atom. The van der Waals surface area contributed by atoms with Gasteiger partial charge in [-0.05, 0) is 39.2 Å². The quantitative estimate of drug-likeness (QED) is 0.878. The van der Waals surface area contributed by atoms with Gasteiger partial charge in [0.05, 0.1) is 12.2 Å². The maximum atomic E-state index is 12.9. The van der Waals surface area contributed by atoms with Crippen molar-refractivity contribution in [1.82, 2.24) is 20.0 Å². The Labute approximate surface area is 150 Å². The average Bonchev–Trinajstić information content (AvgIpc) is 3.10. The monoisotopic (exact) mass is 340 g/mol. The number of amides is 1. The predicted octanol–water partition coefficient (Wildman–Crippen LogP) is 3.31. The third-order valence-corrected chi connectivity index (χ3v) is 4.85. The van der Waals surface area contributed by atoms with Crippen LogP contribution in [0.25, 0.3) is 0 Å². The van der Waals surface area contributed by atoms with E-state index in [0.29, 0.717) is 12.6 Å². The maximum absolute atomic E-state index is 12.9. The summed E-state index contributed by atoms with van der Waals surface area (Å²) >= 11 is 0. The van der Waals surface area contributed by atoms with Crippen molar-refractivity contribution < 1.29 is 4.79 Å². The average molecular weight is 340 g/mol. The highest BCUT2D eigenvalue weighted by Crippen LogP contribution is 2.20. The number of piperidine rings is 1. The maximum Gasteiger partial charge on any atom is 0.240 e. The number of hydrogen-bond donors (Lipinski definition) is 1. The van der Waals surface area contributed by atoms with Crippen LogP contribution in [0.3, 0.4) is 0 Å². The molecule has 0 spiro atoms. The zero-order valence-corrected chi connectivity index (χ0v) is 15.4. The highest BCUT2D eigenvalue weighted by Gasteiger charge is 2.29. The number of benzene rings is 1. The van der Waals surface area contributed by atoms with Gasteiger partial charge in [-0.2, -0.15) is 5.10 Å². The van der Waals surface area contributed by atoms with Crippen molar-refractivity contribution in [2.75, 3.05) is 6.54 Å². The van der Waals surface area contributed by atoms with E-state index in [1.54, 1.807) is 0 Å². The molecule has 1 aliphatic rings. The molecule has 2 unspecified atom stereocenters. The van der Waals surface area contributed by atoms with Crippen LogP contribution in [-0.2, 0) is 11.3 Å². The SMILES string of the molecule is CC(NC1CCCN(Cc2ccccc2)C1=O)c1cnn(C(C)C)c1. The summed E-state index contributed by atoms with van der Waals surface area (Å²) in [6, 6.07) is 10.5. The summed E-state index contributed by atoms with van der Waals surface area (Å²) in [7, 11) is 0. The van der Waals surface area contributed by atoms with Gasteiger partial charge in [0.15, 0.2) is 0 Å². The molecule has 1 N–H and O–H groups in total. The third-order valence-electron chi connectivity index (χ3n) is 4.85. The molecule has 134 valence electrons. The number of rotatable bonds is 6. The van der Waals surface area contributed by atoms with E-state index in [1.807, 2.05) is 34.0 Å². The number of nitrogens with zero attached hydrogens (tertiary/aromatic N) is 3. The molecule has 5 nitrogen and oxygen atoms in total. The van der Waals surface area contributed by atoms with E-state index in [4.69, 9.17) is 0 Å². The molecular formula is C20H28N4O. The van der Waals surface area contributed by atoms with E-state index in [-0.39, 0.29) is 18.0 Å². The van der Waals surface area contributed by atoms with Gasteiger partial charge in [-0.1, -0.05) is 30.3 Å². The summed E-state index contributed by atoms with van der Waals surface area (Å²) in [5.41, 5.74) is 2.31. The van der Waals surface area contributed by atoms with Crippen molar-refractivity contribution in [2.24, 2.45) is 0 Å². The largest absolute Gasteiger partial charge is 0.337 e. The van der Waals surface area contributed by atoms with Crippen LogP contribution in [0, 0.1) is 0 Å². The molecule has 0 bridgehead atoms. The standard InChI is InChI=1S/C20H28N4O/c1-15(2)24-14-18(12-21-24)16(3)22-19-10-7-11-23(20(19)25)13-17-8-5-4-6-9-17/h4-6,8-9,12,14-16,19,22H,7,10-11,13H2,1-3H3. The molecule has 1 aliphatic heterocycles. The molecule has 0 saturated carbocycles. The van der Waals surface area contributed by atoms with Crippen molar-refractivity contribution in [1.29, 1.82) is 0 Å². The fourth-order valence-corrected chi connectivity index (χ4v) is 3.31. The van der Waals surface area contributed by atoms with Crippen molar-refractivity contribution in [3.63, 3.8) is 0 Å². The van der Waals surface area contributed by atoms with Gasteiger partial charge in [-0.3, -0.25) is 14.8 Å². The van der Waals surface area contributed by atoms with Gasteiger partial charge in [-0.25, -0.2) is 0 Å².